The topological polar surface area (TPSA) is 32.8 Å². The van der Waals surface area contributed by atoms with Crippen LogP contribution in [0.15, 0.2) is 0 Å². The highest BCUT2D eigenvalue weighted by Crippen LogP contribution is 2.22. The minimum Gasteiger partial charge on any atom is -0.375 e. The molecular weight excluding hydrogens is 264 g/mol. The monoisotopic (exact) mass is 296 g/mol. The summed E-state index contributed by atoms with van der Waals surface area (Å²) in [6.07, 6.45) is 5.10. The van der Waals surface area contributed by atoms with E-state index in [1.54, 1.807) is 0 Å². The molecular formula is C17H32N2O2. The summed E-state index contributed by atoms with van der Waals surface area (Å²) in [4.78, 5) is 16.5. The first-order chi connectivity index (χ1) is 9.97. The predicted molar refractivity (Wildman–Crippen MR) is 85.3 cm³/mol. The molecule has 0 unspecified atom stereocenters. The van der Waals surface area contributed by atoms with Crippen molar-refractivity contribution in [2.45, 2.75) is 71.6 Å². The fourth-order valence-corrected chi connectivity index (χ4v) is 3.38. The summed E-state index contributed by atoms with van der Waals surface area (Å²) in [6, 6.07) is 0.649. The van der Waals surface area contributed by atoms with Gasteiger partial charge in [0.05, 0.1) is 12.2 Å². The Hall–Kier alpha value is -0.610. The van der Waals surface area contributed by atoms with Crippen LogP contribution in [-0.2, 0) is 9.53 Å². The van der Waals surface area contributed by atoms with Gasteiger partial charge in [0, 0.05) is 38.1 Å². The van der Waals surface area contributed by atoms with Gasteiger partial charge in [-0.25, -0.2) is 0 Å². The van der Waals surface area contributed by atoms with Gasteiger partial charge in [-0.15, -0.1) is 0 Å². The number of likely N-dealkylation sites (tertiary alicyclic amines) is 2. The van der Waals surface area contributed by atoms with Crippen molar-refractivity contribution in [1.29, 1.82) is 0 Å². The zero-order chi connectivity index (χ0) is 15.4. The Bertz CT molecular complexity index is 328. The standard InChI is InChI=1S/C17H32N2O2/c1-13(2)17(20)19-11-7-16(8-12-19)21-15-5-9-18(10-6-15)14(3)4/h13-16H,5-12H2,1-4H3. The molecule has 0 saturated carbocycles. The van der Waals surface area contributed by atoms with Crippen molar-refractivity contribution in [3.05, 3.63) is 0 Å². The van der Waals surface area contributed by atoms with Gasteiger partial charge in [-0.1, -0.05) is 13.8 Å². The molecule has 0 radical (unpaired) electrons. The second kappa shape index (κ2) is 7.59. The number of hydrogen-bond acceptors (Lipinski definition) is 3. The Labute approximate surface area is 129 Å². The number of carbonyl (C=O) groups is 1. The minimum atomic E-state index is 0.114. The lowest BCUT2D eigenvalue weighted by molar-refractivity contribution is -0.138. The number of nitrogens with zero attached hydrogens (tertiary/aromatic N) is 2. The molecule has 4 nitrogen and oxygen atoms in total. The molecule has 2 fully saturated rings. The molecule has 1 amide bonds. The summed E-state index contributed by atoms with van der Waals surface area (Å²) in [6.45, 7) is 12.5. The van der Waals surface area contributed by atoms with Crippen LogP contribution in [0, 0.1) is 5.92 Å². The maximum Gasteiger partial charge on any atom is 0.225 e. The lowest BCUT2D eigenvalue weighted by atomic mass is 10.0. The largest absolute Gasteiger partial charge is 0.375 e. The summed E-state index contributed by atoms with van der Waals surface area (Å²) < 4.78 is 6.28. The van der Waals surface area contributed by atoms with E-state index in [0.29, 0.717) is 24.2 Å². The van der Waals surface area contributed by atoms with Crippen LogP contribution in [0.25, 0.3) is 0 Å². The molecule has 2 aliphatic rings. The van der Waals surface area contributed by atoms with E-state index in [2.05, 4.69) is 18.7 Å². The first-order valence-electron chi connectivity index (χ1n) is 8.65. The van der Waals surface area contributed by atoms with Crippen LogP contribution < -0.4 is 0 Å². The number of piperidine rings is 2. The Morgan fingerprint density at radius 2 is 1.38 bits per heavy atom. The van der Waals surface area contributed by atoms with Crippen molar-refractivity contribution < 1.29 is 9.53 Å². The van der Waals surface area contributed by atoms with Crippen LogP contribution in [0.5, 0.6) is 0 Å². The molecule has 4 heteroatoms. The van der Waals surface area contributed by atoms with Crippen LogP contribution in [-0.4, -0.2) is 60.1 Å². The van der Waals surface area contributed by atoms with Gasteiger partial charge in [0.25, 0.3) is 0 Å². The number of rotatable bonds is 4. The molecule has 0 aliphatic carbocycles. The lowest BCUT2D eigenvalue weighted by Crippen LogP contribution is -2.45. The van der Waals surface area contributed by atoms with E-state index in [4.69, 9.17) is 4.74 Å². The average Bonchev–Trinajstić information content (AvgIpc) is 2.47. The summed E-state index contributed by atoms with van der Waals surface area (Å²) in [7, 11) is 0. The Morgan fingerprint density at radius 1 is 0.905 bits per heavy atom. The highest BCUT2D eigenvalue weighted by Gasteiger charge is 2.28. The highest BCUT2D eigenvalue weighted by molar-refractivity contribution is 5.78. The molecule has 0 aromatic rings. The van der Waals surface area contributed by atoms with Crippen LogP contribution in [0.2, 0.25) is 0 Å². The van der Waals surface area contributed by atoms with E-state index in [1.165, 1.54) is 0 Å². The fourth-order valence-electron chi connectivity index (χ4n) is 3.38. The van der Waals surface area contributed by atoms with Crippen LogP contribution in [0.4, 0.5) is 0 Å². The first-order valence-corrected chi connectivity index (χ1v) is 8.65. The Kier molecular flexibility index (Phi) is 6.06. The molecule has 2 rings (SSSR count). The van der Waals surface area contributed by atoms with Gasteiger partial charge < -0.3 is 14.5 Å². The van der Waals surface area contributed by atoms with Crippen LogP contribution >= 0.6 is 0 Å². The summed E-state index contributed by atoms with van der Waals surface area (Å²) >= 11 is 0. The molecule has 0 N–H and O–H groups in total. The van der Waals surface area contributed by atoms with Gasteiger partial charge in [-0.2, -0.15) is 0 Å². The maximum atomic E-state index is 12.0. The third-order valence-corrected chi connectivity index (χ3v) is 4.84. The molecule has 21 heavy (non-hydrogen) atoms. The van der Waals surface area contributed by atoms with E-state index in [0.717, 1.165) is 51.9 Å². The average molecular weight is 296 g/mol. The van der Waals surface area contributed by atoms with E-state index >= 15 is 0 Å². The van der Waals surface area contributed by atoms with Gasteiger partial charge >= 0.3 is 0 Å². The van der Waals surface area contributed by atoms with Gasteiger partial charge in [0.1, 0.15) is 0 Å². The maximum absolute atomic E-state index is 12.0. The zero-order valence-corrected chi connectivity index (χ0v) is 14.2. The minimum absolute atomic E-state index is 0.114. The van der Waals surface area contributed by atoms with Crippen molar-refractivity contribution in [2.75, 3.05) is 26.2 Å². The molecule has 2 saturated heterocycles. The molecule has 0 spiro atoms. The quantitative estimate of drug-likeness (QED) is 0.799. The normalized spacial score (nSPS) is 23.2. The Balaban J connectivity index is 1.69. The summed E-state index contributed by atoms with van der Waals surface area (Å²) in [5.41, 5.74) is 0. The van der Waals surface area contributed by atoms with E-state index in [1.807, 2.05) is 18.7 Å². The smallest absolute Gasteiger partial charge is 0.225 e. The first kappa shape index (κ1) is 16.8. The summed E-state index contributed by atoms with van der Waals surface area (Å²) in [5, 5.41) is 0. The van der Waals surface area contributed by atoms with Gasteiger partial charge in [0.15, 0.2) is 0 Å². The van der Waals surface area contributed by atoms with E-state index in [9.17, 15) is 4.79 Å². The van der Waals surface area contributed by atoms with Crippen molar-refractivity contribution in [3.63, 3.8) is 0 Å². The van der Waals surface area contributed by atoms with E-state index in [-0.39, 0.29) is 5.92 Å². The second-order valence-corrected chi connectivity index (χ2v) is 7.14. The molecule has 2 heterocycles. The van der Waals surface area contributed by atoms with Gasteiger partial charge in [0.2, 0.25) is 5.91 Å². The molecule has 0 atom stereocenters. The number of ether oxygens (including phenoxy) is 1. The van der Waals surface area contributed by atoms with Crippen molar-refractivity contribution >= 4 is 5.91 Å². The second-order valence-electron chi connectivity index (χ2n) is 7.14. The van der Waals surface area contributed by atoms with Crippen LogP contribution in [0.1, 0.15) is 53.4 Å². The summed E-state index contributed by atoms with van der Waals surface area (Å²) in [5.74, 6) is 0.404. The SMILES string of the molecule is CC(C)C(=O)N1CCC(OC2CCN(C(C)C)CC2)CC1. The third-order valence-electron chi connectivity index (χ3n) is 4.84. The van der Waals surface area contributed by atoms with Gasteiger partial charge in [-0.05, 0) is 39.5 Å². The van der Waals surface area contributed by atoms with Crippen molar-refractivity contribution in [3.8, 4) is 0 Å². The molecule has 0 bridgehead atoms. The van der Waals surface area contributed by atoms with Crippen LogP contribution in [0.3, 0.4) is 0 Å². The molecule has 0 aromatic heterocycles. The third kappa shape index (κ3) is 4.68. The van der Waals surface area contributed by atoms with Gasteiger partial charge in [-0.3, -0.25) is 4.79 Å². The molecule has 0 aromatic carbocycles. The predicted octanol–water partition coefficient (Wildman–Crippen LogP) is 2.52. The molecule has 2 aliphatic heterocycles. The number of hydrogen-bond donors (Lipinski definition) is 0. The Morgan fingerprint density at radius 3 is 1.81 bits per heavy atom. The molecule has 122 valence electrons. The van der Waals surface area contributed by atoms with E-state index < -0.39 is 0 Å². The van der Waals surface area contributed by atoms with Crippen molar-refractivity contribution in [2.24, 2.45) is 5.92 Å². The zero-order valence-electron chi connectivity index (χ0n) is 14.2. The number of carbonyl (C=O) groups excluding carboxylic acids is 1. The lowest BCUT2D eigenvalue weighted by Gasteiger charge is -2.38. The highest BCUT2D eigenvalue weighted by atomic mass is 16.5. The van der Waals surface area contributed by atoms with Crippen molar-refractivity contribution in [1.82, 2.24) is 9.80 Å². The number of amides is 1. The fraction of sp³-hybridized carbons (Fsp3) is 0.941.